The van der Waals surface area contributed by atoms with Crippen LogP contribution >= 0.6 is 0 Å². The van der Waals surface area contributed by atoms with E-state index in [-0.39, 0.29) is 54.0 Å². The molecule has 0 saturated carbocycles. The minimum Gasteiger partial charge on any atom is -1.00 e. The normalized spacial score (nSPS) is 22.6. The van der Waals surface area contributed by atoms with Gasteiger partial charge in [-0.3, -0.25) is 0 Å². The first-order valence-corrected chi connectivity index (χ1v) is 6.11. The van der Waals surface area contributed by atoms with Crippen LogP contribution in [0.25, 0.3) is 0 Å². The van der Waals surface area contributed by atoms with Gasteiger partial charge in [0.15, 0.2) is 0 Å². The molecule has 0 saturated heterocycles. The van der Waals surface area contributed by atoms with Gasteiger partial charge in [-0.15, -0.1) is 0 Å². The average Bonchev–Trinajstić information content (AvgIpc) is 2.98. The fraction of sp³-hybridized carbons (Fsp3) is 0.462. The second-order valence-electron chi connectivity index (χ2n) is 4.60. The predicted molar refractivity (Wildman–Crippen MR) is 68.1 cm³/mol. The van der Waals surface area contributed by atoms with Crippen LogP contribution in [0.4, 0.5) is 0 Å². The molecule has 0 aliphatic carbocycles. The Balaban J connectivity index is 0.00000133. The van der Waals surface area contributed by atoms with Crippen LogP contribution in [0.15, 0.2) is 28.2 Å². The summed E-state index contributed by atoms with van der Waals surface area (Å²) in [7, 11) is 0. The topological polar surface area (TPSA) is 56.1 Å². The van der Waals surface area contributed by atoms with Crippen molar-refractivity contribution < 1.29 is 51.4 Å². The quantitative estimate of drug-likeness (QED) is 0.492. The Morgan fingerprint density at radius 3 is 1.67 bits per heavy atom. The molecule has 2 aliphatic heterocycles. The molecule has 116 valence electrons. The zero-order chi connectivity index (χ0) is 12.5. The van der Waals surface area contributed by atoms with Gasteiger partial charge in [0.25, 0.3) is 0 Å². The summed E-state index contributed by atoms with van der Waals surface area (Å²) >= 11 is 0. The maximum Gasteiger partial charge on any atom is 2.00 e. The van der Waals surface area contributed by atoms with Crippen molar-refractivity contribution in [2.45, 2.75) is 25.9 Å². The van der Waals surface area contributed by atoms with Crippen molar-refractivity contribution in [3.8, 4) is 0 Å². The van der Waals surface area contributed by atoms with Crippen LogP contribution in [-0.2, 0) is 26.5 Å². The molecule has 1 aromatic heterocycles. The molecule has 5 nitrogen and oxygen atoms in total. The molecule has 21 heavy (non-hydrogen) atoms. The smallest absolute Gasteiger partial charge is 1.00 e. The zero-order valence-electron chi connectivity index (χ0n) is 11.6. The molecule has 0 N–H and O–H groups in total. The molecular weight excluding hydrogens is 357 g/mol. The summed E-state index contributed by atoms with van der Waals surface area (Å²) < 4.78 is 11.0. The molecule has 0 bridgehead atoms. The van der Waals surface area contributed by atoms with E-state index in [1.165, 1.54) is 0 Å². The fourth-order valence-corrected chi connectivity index (χ4v) is 1.90. The molecule has 0 amide bonds. The Labute approximate surface area is 146 Å². The van der Waals surface area contributed by atoms with Gasteiger partial charge in [-0.25, -0.2) is 15.0 Å². The molecule has 3 heterocycles. The van der Waals surface area contributed by atoms with Crippen molar-refractivity contribution in [3.05, 3.63) is 29.6 Å². The minimum atomic E-state index is 0. The summed E-state index contributed by atoms with van der Waals surface area (Å²) in [6.45, 7) is 5.27. The summed E-state index contributed by atoms with van der Waals surface area (Å²) in [5.74, 6) is 1.21. The van der Waals surface area contributed by atoms with Crippen LogP contribution in [0.2, 0.25) is 0 Å². The van der Waals surface area contributed by atoms with Gasteiger partial charge in [0.2, 0.25) is 11.8 Å². The van der Waals surface area contributed by atoms with Gasteiger partial charge in [-0.1, -0.05) is 6.07 Å². The molecule has 0 spiro atoms. The van der Waals surface area contributed by atoms with Crippen LogP contribution in [0.1, 0.15) is 25.2 Å². The van der Waals surface area contributed by atoms with Gasteiger partial charge in [-0.05, 0) is 26.0 Å². The van der Waals surface area contributed by atoms with Crippen molar-refractivity contribution in [1.82, 2.24) is 4.98 Å². The minimum absolute atomic E-state index is 0. The Kier molecular flexibility index (Phi) is 8.26. The number of hydrogen-bond donors (Lipinski definition) is 0. The molecular formula is C13H15Cl2FeN3O2. The third kappa shape index (κ3) is 4.58. The number of nitrogens with zero attached hydrogens (tertiary/aromatic N) is 3. The molecule has 2 atom stereocenters. The van der Waals surface area contributed by atoms with Crippen LogP contribution in [0.3, 0.4) is 0 Å². The van der Waals surface area contributed by atoms with E-state index >= 15 is 0 Å². The van der Waals surface area contributed by atoms with Gasteiger partial charge >= 0.3 is 17.1 Å². The van der Waals surface area contributed by atoms with Gasteiger partial charge in [0, 0.05) is 0 Å². The average molecular weight is 372 g/mol. The number of halogens is 2. The van der Waals surface area contributed by atoms with E-state index in [1.807, 2.05) is 32.0 Å². The summed E-state index contributed by atoms with van der Waals surface area (Å²) in [6, 6.07) is 6.09. The summed E-state index contributed by atoms with van der Waals surface area (Å²) in [4.78, 5) is 13.3. The largest absolute Gasteiger partial charge is 2.00 e. The number of hydrogen-bond acceptors (Lipinski definition) is 5. The van der Waals surface area contributed by atoms with E-state index in [0.717, 1.165) is 11.4 Å². The van der Waals surface area contributed by atoms with Crippen LogP contribution in [-0.4, -0.2) is 42.1 Å². The van der Waals surface area contributed by atoms with E-state index < -0.39 is 0 Å². The van der Waals surface area contributed by atoms with Crippen molar-refractivity contribution in [2.24, 2.45) is 9.98 Å². The second kappa shape index (κ2) is 8.59. The third-order valence-electron chi connectivity index (χ3n) is 2.79. The number of aliphatic imine (C=N–C) groups is 2. The number of ether oxygens (including phenoxy) is 2. The Bertz CT molecular complexity index is 497. The number of pyridine rings is 1. The maximum atomic E-state index is 5.50. The fourth-order valence-electron chi connectivity index (χ4n) is 1.90. The zero-order valence-corrected chi connectivity index (χ0v) is 14.2. The molecule has 0 aromatic carbocycles. The molecule has 0 radical (unpaired) electrons. The molecule has 8 heteroatoms. The SMILES string of the molecule is CC1COC(c2cccc(C3=NC(C)CO3)n2)=N1.[Cl-].[Cl-].[Fe+2]. The first-order chi connectivity index (χ1) is 8.72. The van der Waals surface area contributed by atoms with Gasteiger partial charge in [0.05, 0.1) is 12.1 Å². The van der Waals surface area contributed by atoms with Crippen molar-refractivity contribution in [2.75, 3.05) is 13.2 Å². The van der Waals surface area contributed by atoms with Crippen molar-refractivity contribution in [1.29, 1.82) is 0 Å². The predicted octanol–water partition coefficient (Wildman–Crippen LogP) is -4.58. The van der Waals surface area contributed by atoms with Crippen LogP contribution < -0.4 is 24.8 Å². The van der Waals surface area contributed by atoms with E-state index in [0.29, 0.717) is 25.0 Å². The number of rotatable bonds is 2. The maximum absolute atomic E-state index is 5.50. The molecule has 1 aromatic rings. The first kappa shape index (κ1) is 20.2. The van der Waals surface area contributed by atoms with Crippen molar-refractivity contribution in [3.63, 3.8) is 0 Å². The van der Waals surface area contributed by atoms with Crippen molar-refractivity contribution >= 4 is 11.8 Å². The van der Waals surface area contributed by atoms with E-state index in [1.54, 1.807) is 0 Å². The summed E-state index contributed by atoms with van der Waals surface area (Å²) in [5.41, 5.74) is 1.48. The van der Waals surface area contributed by atoms with Crippen LogP contribution in [0, 0.1) is 0 Å². The molecule has 2 aliphatic rings. The van der Waals surface area contributed by atoms with E-state index in [9.17, 15) is 0 Å². The Morgan fingerprint density at radius 2 is 1.33 bits per heavy atom. The second-order valence-corrected chi connectivity index (χ2v) is 4.60. The molecule has 3 rings (SSSR count). The van der Waals surface area contributed by atoms with Gasteiger partial charge in [0.1, 0.15) is 24.6 Å². The first-order valence-electron chi connectivity index (χ1n) is 6.11. The third-order valence-corrected chi connectivity index (χ3v) is 2.79. The Hall–Kier alpha value is -0.811. The van der Waals surface area contributed by atoms with Crippen LogP contribution in [0.5, 0.6) is 0 Å². The van der Waals surface area contributed by atoms with Gasteiger partial charge < -0.3 is 34.3 Å². The monoisotopic (exact) mass is 371 g/mol. The Morgan fingerprint density at radius 1 is 0.905 bits per heavy atom. The summed E-state index contributed by atoms with van der Waals surface area (Å²) in [5, 5.41) is 0. The molecule has 0 fully saturated rings. The number of aromatic nitrogens is 1. The summed E-state index contributed by atoms with van der Waals surface area (Å²) in [6.07, 6.45) is 0. The standard InChI is InChI=1S/C13H15N3O2.2ClH.Fe/c1-8-6-17-12(14-8)10-4-3-5-11(16-10)13-15-9(2)7-18-13;;;/h3-5,8-9H,6-7H2,1-2H3;2*1H;/q;;;+2/p-2. The molecule has 2 unspecified atom stereocenters. The van der Waals surface area contributed by atoms with E-state index in [2.05, 4.69) is 15.0 Å². The van der Waals surface area contributed by atoms with Gasteiger partial charge in [-0.2, -0.15) is 0 Å². The van der Waals surface area contributed by atoms with E-state index in [4.69, 9.17) is 9.47 Å².